The summed E-state index contributed by atoms with van der Waals surface area (Å²) in [5.41, 5.74) is 3.76. The van der Waals surface area contributed by atoms with Gasteiger partial charge in [-0.25, -0.2) is 4.98 Å². The van der Waals surface area contributed by atoms with E-state index in [0.29, 0.717) is 16.1 Å². The van der Waals surface area contributed by atoms with Crippen LogP contribution in [0.1, 0.15) is 16.1 Å². The molecule has 0 bridgehead atoms. The molecule has 0 aliphatic carbocycles. The molecule has 2 aromatic carbocycles. The number of hydrogen-bond acceptors (Lipinski definition) is 4. The number of thiazole rings is 1. The van der Waals surface area contributed by atoms with Crippen molar-refractivity contribution < 1.29 is 0 Å². The van der Waals surface area contributed by atoms with Crippen molar-refractivity contribution in [1.82, 2.24) is 4.98 Å². The quantitative estimate of drug-likeness (QED) is 0.656. The van der Waals surface area contributed by atoms with Gasteiger partial charge < -0.3 is 0 Å². The number of allylic oxidation sites excluding steroid dienone is 1. The Morgan fingerprint density at radius 2 is 1.87 bits per heavy atom. The zero-order chi connectivity index (χ0) is 16.1. The van der Waals surface area contributed by atoms with Gasteiger partial charge in [-0.15, -0.1) is 11.3 Å². The van der Waals surface area contributed by atoms with Crippen LogP contribution in [0.4, 0.5) is 0 Å². The smallest absolute Gasteiger partial charge is 0.134 e. The average Bonchev–Trinajstić information content (AvgIpc) is 3.10. The van der Waals surface area contributed by atoms with E-state index >= 15 is 0 Å². The summed E-state index contributed by atoms with van der Waals surface area (Å²) < 4.78 is 0. The maximum Gasteiger partial charge on any atom is 0.134 e. The second kappa shape index (κ2) is 6.70. The molecule has 0 atom stereocenters. The summed E-state index contributed by atoms with van der Waals surface area (Å²) >= 11 is 1.44. The van der Waals surface area contributed by atoms with Crippen LogP contribution in [0.5, 0.6) is 0 Å². The zero-order valence-corrected chi connectivity index (χ0v) is 12.9. The Bertz CT molecular complexity index is 940. The van der Waals surface area contributed by atoms with E-state index in [1.54, 1.807) is 24.3 Å². The van der Waals surface area contributed by atoms with Gasteiger partial charge in [-0.1, -0.05) is 42.5 Å². The van der Waals surface area contributed by atoms with Crippen LogP contribution in [0.3, 0.4) is 0 Å². The molecule has 0 saturated carbocycles. The van der Waals surface area contributed by atoms with E-state index in [0.717, 1.165) is 16.8 Å². The fourth-order valence-electron chi connectivity index (χ4n) is 2.15. The summed E-state index contributed by atoms with van der Waals surface area (Å²) in [7, 11) is 0. The van der Waals surface area contributed by atoms with E-state index in [4.69, 9.17) is 5.26 Å². The van der Waals surface area contributed by atoms with Crippen molar-refractivity contribution in [3.05, 3.63) is 76.1 Å². The van der Waals surface area contributed by atoms with Crippen molar-refractivity contribution in [3.8, 4) is 23.4 Å². The van der Waals surface area contributed by atoms with Crippen molar-refractivity contribution in [2.75, 3.05) is 0 Å². The van der Waals surface area contributed by atoms with E-state index in [-0.39, 0.29) is 0 Å². The fraction of sp³-hybridized carbons (Fsp3) is 0. The second-order valence-corrected chi connectivity index (χ2v) is 5.67. The Labute approximate surface area is 138 Å². The molecule has 3 aromatic rings. The van der Waals surface area contributed by atoms with E-state index in [9.17, 15) is 5.26 Å². The minimum atomic E-state index is 0.493. The van der Waals surface area contributed by atoms with E-state index in [1.807, 2.05) is 41.8 Å². The summed E-state index contributed by atoms with van der Waals surface area (Å²) in [4.78, 5) is 4.55. The first-order chi connectivity index (χ1) is 11.3. The maximum absolute atomic E-state index is 9.43. The van der Waals surface area contributed by atoms with Crippen LogP contribution < -0.4 is 0 Å². The highest BCUT2D eigenvalue weighted by atomic mass is 32.1. The molecule has 0 unspecified atom stereocenters. The van der Waals surface area contributed by atoms with Crippen LogP contribution >= 0.6 is 11.3 Å². The predicted molar refractivity (Wildman–Crippen MR) is 92.2 cm³/mol. The van der Waals surface area contributed by atoms with Gasteiger partial charge in [0.05, 0.1) is 22.9 Å². The maximum atomic E-state index is 9.43. The molecule has 0 aliphatic rings. The van der Waals surface area contributed by atoms with E-state index < -0.39 is 0 Å². The van der Waals surface area contributed by atoms with Crippen LogP contribution in [0.25, 0.3) is 22.9 Å². The standard InChI is InChI=1S/C19H11N3S/c20-11-15-6-4-5-14(9-15)10-17(12-21)19-22-18(13-23-19)16-7-2-1-3-8-16/h1-10,13H/b17-10+. The number of hydrogen-bond donors (Lipinski definition) is 0. The highest BCUT2D eigenvalue weighted by Crippen LogP contribution is 2.27. The molecule has 1 heterocycles. The summed E-state index contributed by atoms with van der Waals surface area (Å²) in [6.45, 7) is 0. The molecular weight excluding hydrogens is 302 g/mol. The van der Waals surface area contributed by atoms with Crippen molar-refractivity contribution >= 4 is 23.0 Å². The van der Waals surface area contributed by atoms with Crippen molar-refractivity contribution in [2.45, 2.75) is 0 Å². The largest absolute Gasteiger partial charge is 0.235 e. The minimum Gasteiger partial charge on any atom is -0.235 e. The van der Waals surface area contributed by atoms with Crippen LogP contribution in [-0.2, 0) is 0 Å². The van der Waals surface area contributed by atoms with Gasteiger partial charge in [0.15, 0.2) is 0 Å². The molecule has 0 spiro atoms. The molecule has 108 valence electrons. The Balaban J connectivity index is 1.96. The third-order valence-corrected chi connectivity index (χ3v) is 4.13. The van der Waals surface area contributed by atoms with Crippen molar-refractivity contribution in [3.63, 3.8) is 0 Å². The monoisotopic (exact) mass is 313 g/mol. The molecule has 0 N–H and O–H groups in total. The first kappa shape index (κ1) is 14.7. The normalized spacial score (nSPS) is 10.8. The summed E-state index contributed by atoms with van der Waals surface area (Å²) in [6.07, 6.45) is 1.76. The molecule has 3 nitrogen and oxygen atoms in total. The molecule has 0 amide bonds. The number of aromatic nitrogens is 1. The lowest BCUT2D eigenvalue weighted by Crippen LogP contribution is -1.83. The topological polar surface area (TPSA) is 60.5 Å². The van der Waals surface area contributed by atoms with Gasteiger partial charge in [0.2, 0.25) is 0 Å². The molecule has 0 saturated heterocycles. The first-order valence-corrected chi connectivity index (χ1v) is 7.81. The van der Waals surface area contributed by atoms with Crippen LogP contribution in [0.2, 0.25) is 0 Å². The van der Waals surface area contributed by atoms with Gasteiger partial charge in [0.1, 0.15) is 11.1 Å². The van der Waals surface area contributed by atoms with E-state index in [2.05, 4.69) is 17.1 Å². The van der Waals surface area contributed by atoms with Gasteiger partial charge in [-0.05, 0) is 23.8 Å². The number of nitriles is 2. The van der Waals surface area contributed by atoms with Crippen LogP contribution in [-0.4, -0.2) is 4.98 Å². The highest BCUT2D eigenvalue weighted by Gasteiger charge is 2.09. The van der Waals surface area contributed by atoms with Gasteiger partial charge in [0, 0.05) is 10.9 Å². The molecule has 0 radical (unpaired) electrons. The average molecular weight is 313 g/mol. The van der Waals surface area contributed by atoms with Gasteiger partial charge >= 0.3 is 0 Å². The predicted octanol–water partition coefficient (Wildman–Crippen LogP) is 4.75. The lowest BCUT2D eigenvalue weighted by Gasteiger charge is -1.97. The Kier molecular flexibility index (Phi) is 4.29. The molecule has 3 rings (SSSR count). The molecule has 0 fully saturated rings. The SMILES string of the molecule is N#C/C(=C\c1cccc(C#N)c1)c1nc(-c2ccccc2)cs1. The van der Waals surface area contributed by atoms with Gasteiger partial charge in [-0.3, -0.25) is 0 Å². The van der Waals surface area contributed by atoms with E-state index in [1.165, 1.54) is 11.3 Å². The minimum absolute atomic E-state index is 0.493. The lowest BCUT2D eigenvalue weighted by atomic mass is 10.1. The van der Waals surface area contributed by atoms with Crippen LogP contribution in [0.15, 0.2) is 60.0 Å². The summed E-state index contributed by atoms with van der Waals surface area (Å²) in [5, 5.41) is 21.0. The van der Waals surface area contributed by atoms with Crippen molar-refractivity contribution in [2.24, 2.45) is 0 Å². The molecule has 4 heteroatoms. The number of nitrogens with zero attached hydrogens (tertiary/aromatic N) is 3. The summed E-state index contributed by atoms with van der Waals surface area (Å²) in [6, 6.07) is 21.3. The second-order valence-electron chi connectivity index (χ2n) is 4.81. The third kappa shape index (κ3) is 3.35. The molecule has 0 aliphatic heterocycles. The fourth-order valence-corrected chi connectivity index (χ4v) is 2.94. The summed E-state index contributed by atoms with van der Waals surface area (Å²) in [5.74, 6) is 0. The third-order valence-electron chi connectivity index (χ3n) is 3.25. The molecule has 23 heavy (non-hydrogen) atoms. The number of rotatable bonds is 3. The highest BCUT2D eigenvalue weighted by molar-refractivity contribution is 7.11. The lowest BCUT2D eigenvalue weighted by molar-refractivity contribution is 1.37. The Morgan fingerprint density at radius 1 is 1.04 bits per heavy atom. The van der Waals surface area contributed by atoms with Crippen molar-refractivity contribution in [1.29, 1.82) is 10.5 Å². The molecule has 1 aromatic heterocycles. The van der Waals surface area contributed by atoms with Crippen LogP contribution in [0, 0.1) is 22.7 Å². The first-order valence-electron chi connectivity index (χ1n) is 6.93. The molecular formula is C19H11N3S. The Hall–Kier alpha value is -3.21. The zero-order valence-electron chi connectivity index (χ0n) is 12.1. The van der Waals surface area contributed by atoms with Gasteiger partial charge in [0.25, 0.3) is 0 Å². The Morgan fingerprint density at radius 3 is 2.61 bits per heavy atom. The number of benzene rings is 2. The van der Waals surface area contributed by atoms with Gasteiger partial charge in [-0.2, -0.15) is 10.5 Å².